The molecule has 4 aliphatic rings. The first-order valence-corrected chi connectivity index (χ1v) is 27.8. The van der Waals surface area contributed by atoms with Crippen molar-refractivity contribution >= 4 is 53.3 Å². The zero-order valence-electron chi connectivity index (χ0n) is 48.5. The highest BCUT2D eigenvalue weighted by Gasteiger charge is 2.43. The Morgan fingerprint density at radius 2 is 1.49 bits per heavy atom. The number of fused-ring (bicyclic) bond motifs is 11. The number of carbonyl (C=O) groups is 9. The summed E-state index contributed by atoms with van der Waals surface area (Å²) in [7, 11) is 1.33. The summed E-state index contributed by atoms with van der Waals surface area (Å²) in [6.45, 7) is 16.9. The van der Waals surface area contributed by atoms with Crippen LogP contribution in [0, 0.1) is 17.8 Å². The molecule has 0 spiro atoms. The summed E-state index contributed by atoms with van der Waals surface area (Å²) in [6.07, 6.45) is 1.85. The van der Waals surface area contributed by atoms with E-state index in [1.54, 1.807) is 77.1 Å². The van der Waals surface area contributed by atoms with Crippen LogP contribution in [-0.4, -0.2) is 173 Å². The van der Waals surface area contributed by atoms with Gasteiger partial charge < -0.3 is 71.6 Å². The number of hydrogen-bond acceptors (Lipinski definition) is 16. The molecule has 80 heavy (non-hydrogen) atoms. The van der Waals surface area contributed by atoms with Gasteiger partial charge in [-0.3, -0.25) is 38.4 Å². The molecule has 7 amide bonds. The summed E-state index contributed by atoms with van der Waals surface area (Å²) in [5, 5.41) is 52.4. The van der Waals surface area contributed by atoms with Gasteiger partial charge in [-0.2, -0.15) is 0 Å². The molecule has 1 fully saturated rings. The van der Waals surface area contributed by atoms with Gasteiger partial charge in [0.25, 0.3) is 0 Å². The van der Waals surface area contributed by atoms with Crippen molar-refractivity contribution < 1.29 is 72.7 Å². The monoisotopic (exact) mass is 1120 g/mol. The van der Waals surface area contributed by atoms with Crippen molar-refractivity contribution in [1.82, 2.24) is 42.1 Å². The Hall–Kier alpha value is -6.69. The van der Waals surface area contributed by atoms with Gasteiger partial charge in [-0.05, 0) is 75.3 Å². The van der Waals surface area contributed by atoms with Crippen molar-refractivity contribution in [2.24, 2.45) is 17.8 Å². The Morgan fingerprint density at radius 1 is 0.838 bits per heavy atom. The van der Waals surface area contributed by atoms with Gasteiger partial charge >= 0.3 is 11.9 Å². The number of aliphatic hydroxyl groups is 3. The van der Waals surface area contributed by atoms with Crippen LogP contribution in [0.1, 0.15) is 114 Å². The van der Waals surface area contributed by atoms with E-state index < -0.39 is 150 Å². The van der Waals surface area contributed by atoms with Gasteiger partial charge in [-0.15, -0.1) is 0 Å². The third kappa shape index (κ3) is 19.5. The smallest absolute Gasteiger partial charge is 0.332 e. The van der Waals surface area contributed by atoms with E-state index in [0.717, 1.165) is 23.8 Å². The number of nitrogens with zero attached hydrogens (tertiary/aromatic N) is 1. The number of rotatable bonds is 14. The molecule has 3 aliphatic heterocycles. The number of allylic oxidation sites excluding steroid dienone is 3. The largest absolute Gasteiger partial charge is 0.492 e. The molecule has 0 radical (unpaired) electrons. The quantitative estimate of drug-likeness (QED) is 0.0914. The number of likely N-dealkylation sites (N-methyl/N-ethyl adjacent to an activating group) is 1. The lowest BCUT2D eigenvalue weighted by Gasteiger charge is -2.35. The minimum absolute atomic E-state index is 0.0554. The average Bonchev–Trinajstić information content (AvgIpc) is 3.43. The van der Waals surface area contributed by atoms with Crippen LogP contribution in [0.4, 0.5) is 0 Å². The number of cyclic esters (lactones) is 1. The van der Waals surface area contributed by atoms with Gasteiger partial charge in [-0.1, -0.05) is 105 Å². The Kier molecular flexibility index (Phi) is 27.5. The molecule has 3 heterocycles. The summed E-state index contributed by atoms with van der Waals surface area (Å²) in [5.74, 6) is -10.8. The molecule has 23 nitrogen and oxygen atoms in total. The highest BCUT2D eigenvalue weighted by atomic mass is 16.6. The first-order valence-electron chi connectivity index (χ1n) is 27.8. The van der Waals surface area contributed by atoms with Crippen LogP contribution in [-0.2, 0) is 63.8 Å². The van der Waals surface area contributed by atoms with E-state index in [2.05, 4.69) is 37.2 Å². The number of unbranched alkanes of at least 4 members (excludes halogenated alkanes) is 1. The lowest BCUT2D eigenvalue weighted by molar-refractivity contribution is -0.160. The number of benzene rings is 1. The second-order valence-corrected chi connectivity index (χ2v) is 20.8. The number of aliphatic hydroxyl groups excluding tert-OH is 2. The molecule has 5 rings (SSSR count). The van der Waals surface area contributed by atoms with Crippen LogP contribution in [0.15, 0.2) is 66.0 Å². The van der Waals surface area contributed by atoms with Crippen LogP contribution >= 0.6 is 0 Å². The molecule has 1 saturated heterocycles. The summed E-state index contributed by atoms with van der Waals surface area (Å²) in [6, 6.07) is -1.41. The zero-order valence-corrected chi connectivity index (χ0v) is 48.5. The zero-order chi connectivity index (χ0) is 60.0. The van der Waals surface area contributed by atoms with Gasteiger partial charge in [0.2, 0.25) is 41.4 Å². The fourth-order valence-corrected chi connectivity index (χ4v) is 8.82. The van der Waals surface area contributed by atoms with Gasteiger partial charge in [-0.25, -0.2) is 4.79 Å². The average molecular weight is 1130 g/mol. The lowest BCUT2D eigenvalue weighted by Crippen LogP contribution is -2.62. The number of nitrogens with one attached hydrogen (secondary N) is 7. The van der Waals surface area contributed by atoms with Crippen LogP contribution < -0.4 is 37.2 Å². The van der Waals surface area contributed by atoms with Crippen molar-refractivity contribution in [3.63, 3.8) is 0 Å². The van der Waals surface area contributed by atoms with E-state index in [9.17, 15) is 53.7 Å². The summed E-state index contributed by atoms with van der Waals surface area (Å²) >= 11 is 0. The summed E-state index contributed by atoms with van der Waals surface area (Å²) in [5.41, 5.74) is -0.895. The molecule has 10 N–H and O–H groups in total. The van der Waals surface area contributed by atoms with Gasteiger partial charge in [0, 0.05) is 32.5 Å². The number of hydrogen-bond donors (Lipinski definition) is 10. The lowest BCUT2D eigenvalue weighted by atomic mass is 9.92. The highest BCUT2D eigenvalue weighted by Crippen LogP contribution is 2.28. The predicted molar refractivity (Wildman–Crippen MR) is 296 cm³/mol. The molecule has 23 heteroatoms. The molecular weight excluding hydrogens is 1040 g/mol. The van der Waals surface area contributed by atoms with Crippen LogP contribution in [0.2, 0.25) is 0 Å². The van der Waals surface area contributed by atoms with Crippen LogP contribution in [0.25, 0.3) is 0 Å². The van der Waals surface area contributed by atoms with E-state index in [1.165, 1.54) is 33.9 Å². The van der Waals surface area contributed by atoms with E-state index >= 15 is 4.79 Å². The molecular formula is C57H88N8O15. The minimum Gasteiger partial charge on any atom is -0.492 e. The van der Waals surface area contributed by atoms with Crippen molar-refractivity contribution in [3.05, 3.63) is 71.5 Å². The highest BCUT2D eigenvalue weighted by molar-refractivity contribution is 5.99. The van der Waals surface area contributed by atoms with Crippen molar-refractivity contribution in [1.29, 1.82) is 0 Å². The molecule has 0 aromatic heterocycles. The third-order valence-corrected chi connectivity index (χ3v) is 14.3. The molecule has 13 atom stereocenters. The first-order chi connectivity index (χ1) is 37.8. The molecule has 1 aromatic carbocycles. The molecule has 446 valence electrons. The Morgan fingerprint density at radius 3 is 2.09 bits per heavy atom. The van der Waals surface area contributed by atoms with Crippen molar-refractivity contribution in [2.45, 2.75) is 181 Å². The molecule has 1 aromatic rings. The third-order valence-electron chi connectivity index (χ3n) is 14.3. The summed E-state index contributed by atoms with van der Waals surface area (Å²) in [4.78, 5) is 130. The fraction of sp³-hybridized carbons (Fsp3) is 0.632. The summed E-state index contributed by atoms with van der Waals surface area (Å²) < 4.78 is 17.5. The minimum atomic E-state index is -1.96. The maximum Gasteiger partial charge on any atom is 0.332 e. The van der Waals surface area contributed by atoms with E-state index in [0.29, 0.717) is 29.9 Å². The molecule has 4 bridgehead atoms. The normalized spacial score (nSPS) is 28.1. The number of carbonyl (C=O) groups excluding carboxylic acids is 9. The maximum absolute atomic E-state index is 15.3. The standard InChI is InChI=1S/C55H82N8O15.C2H6/c1-11-13-25-56-29-55(75)24-23-41(65)57-27-42(66)76-28-39-54(74)77-34(8)45(61-48(68)32(6)47(67)30(3)4)52(72)59-43(31(5)12-2)50(70)62-46(37-19-21-38(22-20-37)78-35(55)9)53(73)63(10)40(26-36-17-15-14-16-18-36)49(69)60-44(33(7)64)51(71)58-39;1-2/h14-19,21,23-24,30-35,39-40,43-47,56,64,67,75H,11-13,20,22,25-29H2,1-10H3,(H,57,65)(H,58,71)(H,59,72)(H,60,69)(H,61,68)(H,62,70);1-2H3/b24-23+;/t31-,32+,33+,34+,35+,39-,40-,43+,44+,45-,46-,47+,55-;/m0./s1. The fourth-order valence-electron chi connectivity index (χ4n) is 8.82. The van der Waals surface area contributed by atoms with Crippen molar-refractivity contribution in [3.8, 4) is 0 Å². The van der Waals surface area contributed by atoms with Crippen LogP contribution in [0.3, 0.4) is 0 Å². The Balaban J connectivity index is 0.00000831. The number of ether oxygens (including phenoxy) is 3. The van der Waals surface area contributed by atoms with E-state index in [4.69, 9.17) is 14.2 Å². The first kappa shape index (κ1) is 67.6. The van der Waals surface area contributed by atoms with Crippen LogP contribution in [0.5, 0.6) is 0 Å². The van der Waals surface area contributed by atoms with Gasteiger partial charge in [0.05, 0.1) is 23.9 Å². The SMILES string of the molecule is CC.CCCCNC[C@@]1(O)/C=C/C(=O)NCC(=O)OC[C@@H]2NC(=O)[C@@H]([C@@H](C)O)NC(=O)[C@H](Cc3ccccc3)N(C)C(=O)[C@@H](NC(=O)[C@@H]([C@@H](C)CC)NC(=O)[C@@H](NC(=O)[C@H](C)[C@H](O)C(C)C)[C@@H](C)OC2=O)C2=CC=C(CC2)O[C@@H]1C. The van der Waals surface area contributed by atoms with E-state index in [1.807, 2.05) is 20.8 Å². The Labute approximate surface area is 470 Å². The second kappa shape index (κ2) is 32.5. The predicted octanol–water partition coefficient (Wildman–Crippen LogP) is 0.891. The second-order valence-electron chi connectivity index (χ2n) is 20.8. The Bertz CT molecular complexity index is 2380. The van der Waals surface area contributed by atoms with Gasteiger partial charge in [0.15, 0.2) is 6.04 Å². The van der Waals surface area contributed by atoms with Crippen molar-refractivity contribution in [2.75, 3.05) is 33.3 Å². The molecule has 0 saturated carbocycles. The number of esters is 2. The maximum atomic E-state index is 15.3. The van der Waals surface area contributed by atoms with Gasteiger partial charge in [0.1, 0.15) is 61.2 Å². The molecule has 1 aliphatic carbocycles. The number of amides is 7. The topological polar surface area (TPSA) is 329 Å². The van der Waals surface area contributed by atoms with E-state index in [-0.39, 0.29) is 25.8 Å². The molecule has 0 unspecified atom stereocenters.